The van der Waals surface area contributed by atoms with E-state index in [9.17, 15) is 0 Å². The molecule has 0 amide bonds. The van der Waals surface area contributed by atoms with E-state index in [0.717, 1.165) is 5.69 Å². The summed E-state index contributed by atoms with van der Waals surface area (Å²) in [6, 6.07) is 105. The van der Waals surface area contributed by atoms with E-state index in [1.165, 1.54) is 132 Å². The fourth-order valence-corrected chi connectivity index (χ4v) is 11.3. The first-order valence-electron chi connectivity index (χ1n) is 25.2. The Morgan fingerprint density at radius 2 is 0.507 bits per heavy atom. The molecule has 1 heteroatoms. The Kier molecular flexibility index (Phi) is 10.3. The summed E-state index contributed by atoms with van der Waals surface area (Å²) in [6.07, 6.45) is 0. The van der Waals surface area contributed by atoms with E-state index < -0.39 is 0 Å². The fraction of sp³-hybridized carbons (Fsp3) is 0. The van der Waals surface area contributed by atoms with Crippen molar-refractivity contribution >= 4 is 54.1 Å². The van der Waals surface area contributed by atoms with Crippen LogP contribution in [-0.2, 0) is 0 Å². The third-order valence-electron chi connectivity index (χ3n) is 15.1. The van der Waals surface area contributed by atoms with E-state index in [4.69, 9.17) is 0 Å². The minimum absolute atomic E-state index is 1.16. The summed E-state index contributed by atoms with van der Waals surface area (Å²) < 4.78 is 2.49. The van der Waals surface area contributed by atoms with Gasteiger partial charge in [-0.15, -0.1) is 0 Å². The normalized spacial score (nSPS) is 11.6. The van der Waals surface area contributed by atoms with Gasteiger partial charge in [0.2, 0.25) is 0 Å². The quantitative estimate of drug-likeness (QED) is 0.134. The Hall–Kier alpha value is -9.56. The lowest BCUT2D eigenvalue weighted by Gasteiger charge is -2.17. The third-order valence-corrected chi connectivity index (χ3v) is 15.1. The molecule has 73 heavy (non-hydrogen) atoms. The van der Waals surface area contributed by atoms with Gasteiger partial charge in [-0.2, -0.15) is 0 Å². The minimum atomic E-state index is 1.16. The molecule has 0 bridgehead atoms. The molecule has 1 heterocycles. The van der Waals surface area contributed by atoms with Crippen molar-refractivity contribution in [1.29, 1.82) is 0 Å². The average Bonchev–Trinajstić information content (AvgIpc) is 3.80. The highest BCUT2D eigenvalue weighted by atomic mass is 15.0. The molecule has 0 fully saturated rings. The molecule has 340 valence electrons. The molecule has 0 unspecified atom stereocenters. The molecule has 0 aliphatic carbocycles. The van der Waals surface area contributed by atoms with Gasteiger partial charge in [-0.1, -0.05) is 249 Å². The summed E-state index contributed by atoms with van der Waals surface area (Å²) in [5.41, 5.74) is 20.5. The average molecular weight is 926 g/mol. The molecule has 0 radical (unpaired) electrons. The van der Waals surface area contributed by atoms with E-state index in [1.54, 1.807) is 0 Å². The molecular formula is C72H47N. The molecule has 0 atom stereocenters. The minimum Gasteiger partial charge on any atom is -0.309 e. The van der Waals surface area contributed by atoms with Crippen LogP contribution in [0.15, 0.2) is 285 Å². The number of aromatic nitrogens is 1. The maximum Gasteiger partial charge on any atom is 0.0541 e. The first-order valence-corrected chi connectivity index (χ1v) is 25.2. The molecular weight excluding hydrogens is 879 g/mol. The van der Waals surface area contributed by atoms with Crippen LogP contribution in [0.3, 0.4) is 0 Å². The smallest absolute Gasteiger partial charge is 0.0541 e. The zero-order chi connectivity index (χ0) is 48.2. The molecule has 0 aliphatic heterocycles. The Balaban J connectivity index is 0.887. The molecule has 14 aromatic rings. The van der Waals surface area contributed by atoms with Gasteiger partial charge in [0.15, 0.2) is 0 Å². The second kappa shape index (κ2) is 17.7. The van der Waals surface area contributed by atoms with Gasteiger partial charge >= 0.3 is 0 Å². The molecule has 1 nitrogen and oxygen atoms in total. The summed E-state index contributed by atoms with van der Waals surface area (Å²) in [7, 11) is 0. The number of rotatable bonds is 8. The van der Waals surface area contributed by atoms with Crippen molar-refractivity contribution in [3.63, 3.8) is 0 Å². The fourth-order valence-electron chi connectivity index (χ4n) is 11.3. The molecule has 0 aliphatic rings. The molecule has 13 aromatic carbocycles. The molecule has 0 N–H and O–H groups in total. The lowest BCUT2D eigenvalue weighted by molar-refractivity contribution is 1.20. The van der Waals surface area contributed by atoms with Crippen LogP contribution in [0.1, 0.15) is 0 Å². The van der Waals surface area contributed by atoms with Crippen LogP contribution in [0.2, 0.25) is 0 Å². The second-order valence-electron chi connectivity index (χ2n) is 19.2. The first-order chi connectivity index (χ1) is 36.2. The summed E-state index contributed by atoms with van der Waals surface area (Å²) in [5.74, 6) is 0. The van der Waals surface area contributed by atoms with E-state index in [2.05, 4.69) is 290 Å². The van der Waals surface area contributed by atoms with E-state index >= 15 is 0 Å². The summed E-state index contributed by atoms with van der Waals surface area (Å²) in [6.45, 7) is 0. The van der Waals surface area contributed by atoms with Crippen LogP contribution in [-0.4, -0.2) is 4.57 Å². The highest BCUT2D eigenvalue weighted by Gasteiger charge is 2.19. The van der Waals surface area contributed by atoms with Gasteiger partial charge in [-0.05, 0) is 141 Å². The number of fused-ring (bicyclic) bond motifs is 7. The van der Waals surface area contributed by atoms with Crippen molar-refractivity contribution in [2.45, 2.75) is 0 Å². The molecule has 0 spiro atoms. The van der Waals surface area contributed by atoms with Gasteiger partial charge in [0.1, 0.15) is 0 Å². The van der Waals surface area contributed by atoms with E-state index in [1.807, 2.05) is 0 Å². The van der Waals surface area contributed by atoms with Crippen molar-refractivity contribution in [2.24, 2.45) is 0 Å². The Morgan fingerprint density at radius 1 is 0.178 bits per heavy atom. The Bertz CT molecular complexity index is 4170. The summed E-state index contributed by atoms with van der Waals surface area (Å²) in [4.78, 5) is 0. The van der Waals surface area contributed by atoms with Gasteiger partial charge in [-0.3, -0.25) is 0 Å². The molecule has 0 saturated heterocycles. The number of nitrogens with zero attached hydrogens (tertiary/aromatic N) is 1. The highest BCUT2D eigenvalue weighted by molar-refractivity contribution is 6.18. The standard InChI is InChI=1S/C72H47N/c1-3-13-48(14-4-1)50-23-27-52(28-24-50)54-31-35-56(36-32-54)58-39-42-71-68(45-58)69-46-59(57-37-33-55(34-38-57)53-29-25-51(26-30-53)49-15-5-2-6-16-49)40-43-72(69)73(71)70-44-41-65(63-20-11-12-22-66(63)70)67-47-60-17-7-8-18-61(60)62-19-9-10-21-64(62)67/h1-47H. The largest absolute Gasteiger partial charge is 0.309 e. The SMILES string of the molecule is c1ccc(-c2ccc(-c3ccc(-c4ccc5c(c4)c4cc(-c6ccc(-c7ccc(-c8ccccc8)cc7)cc6)ccc4n5-c4ccc(-c5cc6ccccc6c6ccccc56)c5ccccc45)cc3)cc2)cc1. The maximum absolute atomic E-state index is 2.49. The zero-order valence-corrected chi connectivity index (χ0v) is 40.1. The van der Waals surface area contributed by atoms with Crippen LogP contribution in [0.5, 0.6) is 0 Å². The molecule has 14 rings (SSSR count). The van der Waals surface area contributed by atoms with Gasteiger partial charge in [-0.25, -0.2) is 0 Å². The summed E-state index contributed by atoms with van der Waals surface area (Å²) >= 11 is 0. The van der Waals surface area contributed by atoms with Crippen molar-refractivity contribution in [3.05, 3.63) is 285 Å². The van der Waals surface area contributed by atoms with Gasteiger partial charge in [0, 0.05) is 16.2 Å². The van der Waals surface area contributed by atoms with Crippen molar-refractivity contribution < 1.29 is 0 Å². The third kappa shape index (κ3) is 7.50. The van der Waals surface area contributed by atoms with Crippen LogP contribution in [0.25, 0.3) is 138 Å². The van der Waals surface area contributed by atoms with Crippen molar-refractivity contribution in [3.8, 4) is 83.6 Å². The van der Waals surface area contributed by atoms with Crippen LogP contribution >= 0.6 is 0 Å². The van der Waals surface area contributed by atoms with Crippen LogP contribution in [0, 0.1) is 0 Å². The van der Waals surface area contributed by atoms with E-state index in [0.29, 0.717) is 0 Å². The number of hydrogen-bond donors (Lipinski definition) is 0. The Labute approximate surface area is 425 Å². The topological polar surface area (TPSA) is 4.93 Å². The monoisotopic (exact) mass is 925 g/mol. The summed E-state index contributed by atoms with van der Waals surface area (Å²) in [5, 5.41) is 9.95. The van der Waals surface area contributed by atoms with Crippen LogP contribution in [0.4, 0.5) is 0 Å². The highest BCUT2D eigenvalue weighted by Crippen LogP contribution is 2.43. The first kappa shape index (κ1) is 42.3. The molecule has 0 saturated carbocycles. The predicted octanol–water partition coefficient (Wildman–Crippen LogP) is 19.9. The van der Waals surface area contributed by atoms with Crippen molar-refractivity contribution in [2.75, 3.05) is 0 Å². The van der Waals surface area contributed by atoms with Gasteiger partial charge < -0.3 is 4.57 Å². The lowest BCUT2D eigenvalue weighted by atomic mass is 9.90. The lowest BCUT2D eigenvalue weighted by Crippen LogP contribution is -1.97. The number of benzene rings is 13. The zero-order valence-electron chi connectivity index (χ0n) is 40.1. The predicted molar refractivity (Wildman–Crippen MR) is 311 cm³/mol. The van der Waals surface area contributed by atoms with Crippen molar-refractivity contribution in [1.82, 2.24) is 4.57 Å². The number of hydrogen-bond acceptors (Lipinski definition) is 0. The van der Waals surface area contributed by atoms with E-state index in [-0.39, 0.29) is 0 Å². The Morgan fingerprint density at radius 3 is 0.959 bits per heavy atom. The van der Waals surface area contributed by atoms with Gasteiger partial charge in [0.05, 0.1) is 16.7 Å². The van der Waals surface area contributed by atoms with Gasteiger partial charge in [0.25, 0.3) is 0 Å². The second-order valence-corrected chi connectivity index (χ2v) is 19.2. The maximum atomic E-state index is 2.49. The molecule has 1 aromatic heterocycles. The van der Waals surface area contributed by atoms with Crippen LogP contribution < -0.4 is 0 Å².